The van der Waals surface area contributed by atoms with Gasteiger partial charge in [0.15, 0.2) is 0 Å². The fourth-order valence-corrected chi connectivity index (χ4v) is 1.33. The molecule has 0 radical (unpaired) electrons. The maximum Gasteiger partial charge on any atom is 0.0908 e. The van der Waals surface area contributed by atoms with E-state index in [1.54, 1.807) is 7.11 Å². The molecule has 1 aliphatic carbocycles. The Labute approximate surface area is 67.7 Å². The average Bonchev–Trinajstić information content (AvgIpc) is 2.07. The van der Waals surface area contributed by atoms with E-state index in [4.69, 9.17) is 10.5 Å². The van der Waals surface area contributed by atoms with Crippen LogP contribution in [0.15, 0.2) is 24.3 Å². The van der Waals surface area contributed by atoms with E-state index in [2.05, 4.69) is 12.2 Å². The van der Waals surface area contributed by atoms with E-state index >= 15 is 0 Å². The van der Waals surface area contributed by atoms with Crippen LogP contribution in [0.1, 0.15) is 12.8 Å². The molecule has 0 amide bonds. The third kappa shape index (κ3) is 1.91. The van der Waals surface area contributed by atoms with Gasteiger partial charge in [-0.15, -0.1) is 0 Å². The van der Waals surface area contributed by atoms with Crippen LogP contribution < -0.4 is 5.73 Å². The Morgan fingerprint density at radius 3 is 2.82 bits per heavy atom. The molecule has 0 saturated heterocycles. The molecule has 0 saturated carbocycles. The lowest BCUT2D eigenvalue weighted by Crippen LogP contribution is -2.32. The van der Waals surface area contributed by atoms with E-state index in [1.165, 1.54) is 0 Å². The molecule has 0 unspecified atom stereocenters. The van der Waals surface area contributed by atoms with Gasteiger partial charge in [0.05, 0.1) is 5.60 Å². The maximum absolute atomic E-state index is 5.48. The van der Waals surface area contributed by atoms with Gasteiger partial charge in [-0.3, -0.25) is 0 Å². The van der Waals surface area contributed by atoms with Gasteiger partial charge in [0.1, 0.15) is 0 Å². The predicted octanol–water partition coefficient (Wildman–Crippen LogP) is 1.24. The molecule has 0 heterocycles. The first-order valence-corrected chi connectivity index (χ1v) is 3.92. The van der Waals surface area contributed by atoms with Crippen LogP contribution in [0.3, 0.4) is 0 Å². The molecule has 0 spiro atoms. The van der Waals surface area contributed by atoms with Crippen LogP contribution in [0, 0.1) is 0 Å². The van der Waals surface area contributed by atoms with Crippen LogP contribution in [0.5, 0.6) is 0 Å². The first kappa shape index (κ1) is 8.50. The van der Waals surface area contributed by atoms with Crippen molar-refractivity contribution in [2.75, 3.05) is 13.7 Å². The molecule has 0 aromatic carbocycles. The Kier molecular flexibility index (Phi) is 2.85. The van der Waals surface area contributed by atoms with Crippen LogP contribution in [-0.4, -0.2) is 19.3 Å². The van der Waals surface area contributed by atoms with Crippen molar-refractivity contribution >= 4 is 0 Å². The van der Waals surface area contributed by atoms with E-state index < -0.39 is 0 Å². The number of hydrogen-bond donors (Lipinski definition) is 1. The summed E-state index contributed by atoms with van der Waals surface area (Å²) in [6, 6.07) is 0. The Bertz CT molecular complexity index is 174. The molecule has 1 atom stereocenters. The number of allylic oxidation sites excluding steroid dienone is 2. The zero-order chi connectivity index (χ0) is 8.16. The average molecular weight is 153 g/mol. The van der Waals surface area contributed by atoms with E-state index in [-0.39, 0.29) is 5.60 Å². The van der Waals surface area contributed by atoms with Crippen LogP contribution in [0.2, 0.25) is 0 Å². The van der Waals surface area contributed by atoms with E-state index in [1.807, 2.05) is 12.2 Å². The summed E-state index contributed by atoms with van der Waals surface area (Å²) in [5, 5.41) is 0. The molecule has 1 rings (SSSR count). The highest BCUT2D eigenvalue weighted by atomic mass is 16.5. The predicted molar refractivity (Wildman–Crippen MR) is 46.3 cm³/mol. The van der Waals surface area contributed by atoms with Crippen molar-refractivity contribution in [3.8, 4) is 0 Å². The quantitative estimate of drug-likeness (QED) is 0.662. The summed E-state index contributed by atoms with van der Waals surface area (Å²) in [7, 11) is 1.74. The zero-order valence-electron chi connectivity index (χ0n) is 6.92. The molecule has 62 valence electrons. The maximum atomic E-state index is 5.48. The lowest BCUT2D eigenvalue weighted by atomic mass is 9.92. The SMILES string of the molecule is CO[C@@]1(CCN)C=CC=CC1. The highest BCUT2D eigenvalue weighted by molar-refractivity contribution is 5.18. The molecular weight excluding hydrogens is 138 g/mol. The lowest BCUT2D eigenvalue weighted by Gasteiger charge is -2.29. The Balaban J connectivity index is 2.60. The summed E-state index contributed by atoms with van der Waals surface area (Å²) < 4.78 is 5.40. The summed E-state index contributed by atoms with van der Waals surface area (Å²) in [6.45, 7) is 0.673. The molecule has 0 fully saturated rings. The van der Waals surface area contributed by atoms with Crippen LogP contribution >= 0.6 is 0 Å². The first-order valence-electron chi connectivity index (χ1n) is 3.92. The van der Waals surface area contributed by atoms with Crippen molar-refractivity contribution in [3.05, 3.63) is 24.3 Å². The van der Waals surface area contributed by atoms with Gasteiger partial charge in [-0.2, -0.15) is 0 Å². The van der Waals surface area contributed by atoms with Gasteiger partial charge in [-0.05, 0) is 19.4 Å². The van der Waals surface area contributed by atoms with Crippen molar-refractivity contribution in [2.24, 2.45) is 5.73 Å². The minimum absolute atomic E-state index is 0.122. The minimum Gasteiger partial charge on any atom is -0.374 e. The van der Waals surface area contributed by atoms with Crippen LogP contribution in [0.25, 0.3) is 0 Å². The first-order chi connectivity index (χ1) is 5.33. The minimum atomic E-state index is -0.122. The largest absolute Gasteiger partial charge is 0.374 e. The van der Waals surface area contributed by atoms with Gasteiger partial charge < -0.3 is 10.5 Å². The molecule has 11 heavy (non-hydrogen) atoms. The molecule has 2 heteroatoms. The fraction of sp³-hybridized carbons (Fsp3) is 0.556. The third-order valence-corrected chi connectivity index (χ3v) is 2.08. The summed E-state index contributed by atoms with van der Waals surface area (Å²) in [5.41, 5.74) is 5.36. The summed E-state index contributed by atoms with van der Waals surface area (Å²) in [5.74, 6) is 0. The summed E-state index contributed by atoms with van der Waals surface area (Å²) in [4.78, 5) is 0. The van der Waals surface area contributed by atoms with Gasteiger partial charge in [0.2, 0.25) is 0 Å². The van der Waals surface area contributed by atoms with Crippen molar-refractivity contribution in [3.63, 3.8) is 0 Å². The van der Waals surface area contributed by atoms with E-state index in [0.29, 0.717) is 6.54 Å². The summed E-state index contributed by atoms with van der Waals surface area (Å²) in [6.07, 6.45) is 10.1. The lowest BCUT2D eigenvalue weighted by molar-refractivity contribution is 0.0287. The summed E-state index contributed by atoms with van der Waals surface area (Å²) >= 11 is 0. The number of nitrogens with two attached hydrogens (primary N) is 1. The van der Waals surface area contributed by atoms with Gasteiger partial charge in [-0.1, -0.05) is 24.3 Å². The molecule has 0 bridgehead atoms. The topological polar surface area (TPSA) is 35.2 Å². The Morgan fingerprint density at radius 1 is 1.55 bits per heavy atom. The second kappa shape index (κ2) is 3.69. The Hall–Kier alpha value is -0.600. The number of ether oxygens (including phenoxy) is 1. The zero-order valence-corrected chi connectivity index (χ0v) is 6.92. The normalized spacial score (nSPS) is 29.3. The molecule has 2 nitrogen and oxygen atoms in total. The number of methoxy groups -OCH3 is 1. The molecule has 2 N–H and O–H groups in total. The van der Waals surface area contributed by atoms with Gasteiger partial charge in [0, 0.05) is 7.11 Å². The molecule has 0 aromatic heterocycles. The van der Waals surface area contributed by atoms with Crippen LogP contribution in [-0.2, 0) is 4.74 Å². The standard InChI is InChI=1S/C9H15NO/c1-11-9(7-8-10)5-3-2-4-6-9/h2-5H,6-8,10H2,1H3/t9-/m0/s1. The molecular formula is C9H15NO. The van der Waals surface area contributed by atoms with Crippen molar-refractivity contribution in [2.45, 2.75) is 18.4 Å². The monoisotopic (exact) mass is 153 g/mol. The smallest absolute Gasteiger partial charge is 0.0908 e. The van der Waals surface area contributed by atoms with Crippen molar-refractivity contribution in [1.82, 2.24) is 0 Å². The van der Waals surface area contributed by atoms with E-state index in [0.717, 1.165) is 12.8 Å². The highest BCUT2D eigenvalue weighted by Crippen LogP contribution is 2.24. The number of rotatable bonds is 3. The van der Waals surface area contributed by atoms with Gasteiger partial charge >= 0.3 is 0 Å². The Morgan fingerprint density at radius 2 is 2.36 bits per heavy atom. The van der Waals surface area contributed by atoms with Crippen molar-refractivity contribution < 1.29 is 4.74 Å². The second-order valence-corrected chi connectivity index (χ2v) is 2.80. The van der Waals surface area contributed by atoms with E-state index in [9.17, 15) is 0 Å². The molecule has 1 aliphatic rings. The third-order valence-electron chi connectivity index (χ3n) is 2.08. The number of hydrogen-bond acceptors (Lipinski definition) is 2. The fourth-order valence-electron chi connectivity index (χ4n) is 1.33. The van der Waals surface area contributed by atoms with Gasteiger partial charge in [-0.25, -0.2) is 0 Å². The highest BCUT2D eigenvalue weighted by Gasteiger charge is 2.24. The van der Waals surface area contributed by atoms with Crippen LogP contribution in [0.4, 0.5) is 0 Å². The second-order valence-electron chi connectivity index (χ2n) is 2.80. The molecule has 0 aromatic rings. The van der Waals surface area contributed by atoms with Gasteiger partial charge in [0.25, 0.3) is 0 Å². The van der Waals surface area contributed by atoms with Crippen molar-refractivity contribution in [1.29, 1.82) is 0 Å². The molecule has 0 aliphatic heterocycles.